The van der Waals surface area contributed by atoms with Gasteiger partial charge < -0.3 is 15.1 Å². The first-order valence-corrected chi connectivity index (χ1v) is 8.29. The number of halogens is 3. The first-order valence-electron chi connectivity index (χ1n) is 8.29. The molecule has 1 N–H and O–H groups in total. The number of rotatable bonds is 4. The predicted molar refractivity (Wildman–Crippen MR) is 93.0 cm³/mol. The van der Waals surface area contributed by atoms with Crippen molar-refractivity contribution in [3.05, 3.63) is 54.2 Å². The molecule has 0 aliphatic carbocycles. The number of carbonyl (C=O) groups excluding carboxylic acids is 1. The van der Waals surface area contributed by atoms with E-state index in [2.05, 4.69) is 15.2 Å². The van der Waals surface area contributed by atoms with Crippen LogP contribution in [0, 0.1) is 0 Å². The number of nitrogens with zero attached hydrogens (tertiary/aromatic N) is 3. The Labute approximate surface area is 149 Å². The molecule has 8 heteroatoms. The van der Waals surface area contributed by atoms with E-state index in [0.717, 1.165) is 11.8 Å². The fraction of sp³-hybridized carbons (Fsp3) is 0.333. The fourth-order valence-electron chi connectivity index (χ4n) is 2.90. The first kappa shape index (κ1) is 18.0. The van der Waals surface area contributed by atoms with Crippen LogP contribution in [0.25, 0.3) is 0 Å². The minimum absolute atomic E-state index is 0.217. The zero-order valence-corrected chi connectivity index (χ0v) is 14.0. The molecule has 1 fully saturated rings. The number of piperazine rings is 1. The van der Waals surface area contributed by atoms with Gasteiger partial charge in [0.05, 0.1) is 12.1 Å². The summed E-state index contributed by atoms with van der Waals surface area (Å²) in [6.45, 7) is 2.22. The summed E-state index contributed by atoms with van der Waals surface area (Å²) in [4.78, 5) is 19.8. The zero-order chi connectivity index (χ0) is 18.6. The van der Waals surface area contributed by atoms with Crippen LogP contribution < -0.4 is 10.2 Å². The molecule has 0 atom stereocenters. The van der Waals surface area contributed by atoms with E-state index in [9.17, 15) is 18.0 Å². The van der Waals surface area contributed by atoms with E-state index in [1.54, 1.807) is 4.90 Å². The maximum Gasteiger partial charge on any atom is 0.419 e. The van der Waals surface area contributed by atoms with Gasteiger partial charge in [0, 0.05) is 38.1 Å². The van der Waals surface area contributed by atoms with Crippen LogP contribution in [0.5, 0.6) is 0 Å². The molecular formula is C18H19F3N4O. The number of alkyl halides is 3. The molecule has 5 nitrogen and oxygen atoms in total. The maximum atomic E-state index is 13.0. The highest BCUT2D eigenvalue weighted by atomic mass is 19.4. The Hall–Kier alpha value is -2.77. The number of carbonyl (C=O) groups is 1. The molecule has 138 valence electrons. The minimum Gasteiger partial charge on any atom is -0.368 e. The van der Waals surface area contributed by atoms with E-state index in [-0.39, 0.29) is 18.3 Å². The highest BCUT2D eigenvalue weighted by Gasteiger charge is 2.34. The Morgan fingerprint density at radius 2 is 1.73 bits per heavy atom. The molecule has 1 aliphatic heterocycles. The molecule has 1 saturated heterocycles. The molecule has 1 aromatic heterocycles. The van der Waals surface area contributed by atoms with E-state index >= 15 is 0 Å². The average molecular weight is 364 g/mol. The van der Waals surface area contributed by atoms with E-state index < -0.39 is 11.7 Å². The number of hydrogen-bond acceptors (Lipinski definition) is 4. The smallest absolute Gasteiger partial charge is 0.368 e. The summed E-state index contributed by atoms with van der Waals surface area (Å²) in [5.74, 6) is -0.562. The molecule has 2 heterocycles. The summed E-state index contributed by atoms with van der Waals surface area (Å²) < 4.78 is 38.9. The van der Waals surface area contributed by atoms with E-state index in [4.69, 9.17) is 0 Å². The number of nitrogens with one attached hydrogen (secondary N) is 1. The molecule has 1 amide bonds. The Morgan fingerprint density at radius 1 is 1.04 bits per heavy atom. The number of amides is 1. The van der Waals surface area contributed by atoms with E-state index in [0.29, 0.717) is 26.2 Å². The van der Waals surface area contributed by atoms with Crippen molar-refractivity contribution in [2.75, 3.05) is 42.9 Å². The molecule has 0 saturated carbocycles. The Kier molecular flexibility index (Phi) is 5.29. The van der Waals surface area contributed by atoms with Gasteiger partial charge in [0.25, 0.3) is 0 Å². The lowest BCUT2D eigenvalue weighted by molar-refractivity contribution is -0.137. The molecule has 1 aromatic carbocycles. The van der Waals surface area contributed by atoms with Crippen molar-refractivity contribution in [2.45, 2.75) is 6.18 Å². The number of para-hydroxylation sites is 1. The van der Waals surface area contributed by atoms with Crippen molar-refractivity contribution < 1.29 is 18.0 Å². The summed E-state index contributed by atoms with van der Waals surface area (Å²) >= 11 is 0. The number of aromatic nitrogens is 1. The summed E-state index contributed by atoms with van der Waals surface area (Å²) in [5.41, 5.74) is 0.225. The predicted octanol–water partition coefficient (Wildman–Crippen LogP) is 2.86. The molecule has 1 aliphatic rings. The third-order valence-corrected chi connectivity index (χ3v) is 4.27. The quantitative estimate of drug-likeness (QED) is 0.906. The third-order valence-electron chi connectivity index (χ3n) is 4.27. The van der Waals surface area contributed by atoms with E-state index in [1.165, 1.54) is 12.3 Å². The van der Waals surface area contributed by atoms with Gasteiger partial charge in [0.1, 0.15) is 5.82 Å². The van der Waals surface area contributed by atoms with Gasteiger partial charge in [-0.15, -0.1) is 0 Å². The van der Waals surface area contributed by atoms with Crippen molar-refractivity contribution in [1.82, 2.24) is 9.88 Å². The Balaban J connectivity index is 1.54. The first-order chi connectivity index (χ1) is 12.4. The SMILES string of the molecule is O=C(CNc1ncccc1C(F)(F)F)N1CCN(c2ccccc2)CC1. The topological polar surface area (TPSA) is 48.5 Å². The Bertz CT molecular complexity index is 744. The largest absolute Gasteiger partial charge is 0.419 e. The molecule has 2 aromatic rings. The summed E-state index contributed by atoms with van der Waals surface area (Å²) in [7, 11) is 0. The second-order valence-electron chi connectivity index (χ2n) is 5.95. The second kappa shape index (κ2) is 7.63. The van der Waals surface area contributed by atoms with Gasteiger partial charge >= 0.3 is 6.18 Å². The lowest BCUT2D eigenvalue weighted by Crippen LogP contribution is -2.50. The number of anilines is 2. The lowest BCUT2D eigenvalue weighted by atomic mass is 10.2. The molecular weight excluding hydrogens is 345 g/mol. The highest BCUT2D eigenvalue weighted by Crippen LogP contribution is 2.33. The van der Waals surface area contributed by atoms with Crippen LogP contribution in [0.15, 0.2) is 48.7 Å². The van der Waals surface area contributed by atoms with E-state index in [1.807, 2.05) is 30.3 Å². The highest BCUT2D eigenvalue weighted by molar-refractivity contribution is 5.81. The number of hydrogen-bond donors (Lipinski definition) is 1. The van der Waals surface area contributed by atoms with Gasteiger partial charge in [-0.05, 0) is 24.3 Å². The van der Waals surface area contributed by atoms with Gasteiger partial charge in [0.15, 0.2) is 0 Å². The third kappa shape index (κ3) is 4.25. The van der Waals surface area contributed by atoms with Gasteiger partial charge in [0.2, 0.25) is 5.91 Å². The summed E-state index contributed by atoms with van der Waals surface area (Å²) in [6.07, 6.45) is -3.25. The van der Waals surface area contributed by atoms with Crippen molar-refractivity contribution in [2.24, 2.45) is 0 Å². The maximum absolute atomic E-state index is 13.0. The van der Waals surface area contributed by atoms with Crippen molar-refractivity contribution in [3.8, 4) is 0 Å². The second-order valence-corrected chi connectivity index (χ2v) is 5.95. The van der Waals surface area contributed by atoms with Gasteiger partial charge in [-0.1, -0.05) is 18.2 Å². The zero-order valence-electron chi connectivity index (χ0n) is 14.0. The standard InChI is InChI=1S/C18H19F3N4O/c19-18(20,21)15-7-4-8-22-17(15)23-13-16(26)25-11-9-24(10-12-25)14-5-2-1-3-6-14/h1-8H,9-13H2,(H,22,23). The summed E-state index contributed by atoms with van der Waals surface area (Å²) in [5, 5.41) is 2.52. The van der Waals surface area contributed by atoms with Crippen LogP contribution in [0.1, 0.15) is 5.56 Å². The molecule has 0 spiro atoms. The normalized spacial score (nSPS) is 15.0. The van der Waals surface area contributed by atoms with Gasteiger partial charge in [-0.25, -0.2) is 4.98 Å². The molecule has 26 heavy (non-hydrogen) atoms. The van der Waals surface area contributed by atoms with Crippen molar-refractivity contribution >= 4 is 17.4 Å². The number of pyridine rings is 1. The summed E-state index contributed by atoms with van der Waals surface area (Å²) in [6, 6.07) is 12.1. The fourth-order valence-corrected chi connectivity index (χ4v) is 2.90. The number of benzene rings is 1. The monoisotopic (exact) mass is 364 g/mol. The molecule has 0 radical (unpaired) electrons. The van der Waals surface area contributed by atoms with Gasteiger partial charge in [-0.2, -0.15) is 13.2 Å². The van der Waals surface area contributed by atoms with Crippen LogP contribution in [-0.4, -0.2) is 48.5 Å². The van der Waals surface area contributed by atoms with Gasteiger partial charge in [-0.3, -0.25) is 4.79 Å². The van der Waals surface area contributed by atoms with Crippen molar-refractivity contribution in [3.63, 3.8) is 0 Å². The lowest BCUT2D eigenvalue weighted by Gasteiger charge is -2.36. The van der Waals surface area contributed by atoms with Crippen LogP contribution >= 0.6 is 0 Å². The molecule has 0 bridgehead atoms. The van der Waals surface area contributed by atoms with Crippen LogP contribution in [0.2, 0.25) is 0 Å². The van der Waals surface area contributed by atoms with Crippen molar-refractivity contribution in [1.29, 1.82) is 0 Å². The van der Waals surface area contributed by atoms with Crippen LogP contribution in [0.4, 0.5) is 24.7 Å². The molecule has 0 unspecified atom stereocenters. The average Bonchev–Trinajstić information content (AvgIpc) is 2.66. The molecule has 3 rings (SSSR count). The van der Waals surface area contributed by atoms with Crippen LogP contribution in [0.3, 0.4) is 0 Å². The Morgan fingerprint density at radius 3 is 2.38 bits per heavy atom. The minimum atomic E-state index is -4.51. The van der Waals surface area contributed by atoms with Crippen LogP contribution in [-0.2, 0) is 11.0 Å².